The Hall–Kier alpha value is -2.08. The molecule has 1 aromatic heterocycles. The summed E-state index contributed by atoms with van der Waals surface area (Å²) >= 11 is 5.96. The van der Waals surface area contributed by atoms with Crippen LogP contribution in [-0.2, 0) is 0 Å². The minimum absolute atomic E-state index is 0.158. The number of nitrogen functional groups attached to an aromatic ring is 1. The molecule has 3 rings (SSSR count). The van der Waals surface area contributed by atoms with Crippen LogP contribution in [0, 0.1) is 0 Å². The Morgan fingerprint density at radius 3 is 2.82 bits per heavy atom. The van der Waals surface area contributed by atoms with Crippen LogP contribution in [-0.4, -0.2) is 26.9 Å². The Morgan fingerprint density at radius 2 is 2.09 bits per heavy atom. The SMILES string of the molecule is Nc1c(C(=O)NC2CCCCC2)nnn1-c1cccc(Cl)c1. The van der Waals surface area contributed by atoms with Crippen molar-refractivity contribution in [3.63, 3.8) is 0 Å². The Labute approximate surface area is 133 Å². The zero-order valence-corrected chi connectivity index (χ0v) is 12.9. The fourth-order valence-electron chi connectivity index (χ4n) is 2.75. The first-order valence-electron chi connectivity index (χ1n) is 7.43. The minimum atomic E-state index is -0.266. The smallest absolute Gasteiger partial charge is 0.275 e. The molecule has 1 aromatic carbocycles. The molecule has 0 radical (unpaired) electrons. The van der Waals surface area contributed by atoms with Crippen molar-refractivity contribution in [2.45, 2.75) is 38.1 Å². The highest BCUT2D eigenvalue weighted by atomic mass is 35.5. The van der Waals surface area contributed by atoms with Gasteiger partial charge in [-0.3, -0.25) is 4.79 Å². The van der Waals surface area contributed by atoms with Crippen molar-refractivity contribution in [1.82, 2.24) is 20.3 Å². The number of hydrogen-bond acceptors (Lipinski definition) is 4. The van der Waals surface area contributed by atoms with Crippen LogP contribution in [0.1, 0.15) is 42.6 Å². The van der Waals surface area contributed by atoms with E-state index in [9.17, 15) is 4.79 Å². The van der Waals surface area contributed by atoms with E-state index in [2.05, 4.69) is 15.6 Å². The van der Waals surface area contributed by atoms with E-state index in [-0.39, 0.29) is 23.5 Å². The summed E-state index contributed by atoms with van der Waals surface area (Å²) < 4.78 is 1.42. The molecular formula is C15H18ClN5O. The summed E-state index contributed by atoms with van der Waals surface area (Å²) in [4.78, 5) is 12.3. The summed E-state index contributed by atoms with van der Waals surface area (Å²) in [7, 11) is 0. The van der Waals surface area contributed by atoms with E-state index in [0.717, 1.165) is 25.7 Å². The van der Waals surface area contributed by atoms with E-state index < -0.39 is 0 Å². The molecule has 116 valence electrons. The number of carbonyl (C=O) groups excluding carboxylic acids is 1. The summed E-state index contributed by atoms with van der Waals surface area (Å²) in [6.07, 6.45) is 5.55. The third-order valence-electron chi connectivity index (χ3n) is 3.91. The molecule has 22 heavy (non-hydrogen) atoms. The largest absolute Gasteiger partial charge is 0.382 e. The van der Waals surface area contributed by atoms with Gasteiger partial charge in [-0.2, -0.15) is 4.68 Å². The van der Waals surface area contributed by atoms with E-state index in [0.29, 0.717) is 10.7 Å². The molecule has 2 aromatic rings. The third kappa shape index (κ3) is 3.06. The number of carbonyl (C=O) groups is 1. The number of hydrogen-bond donors (Lipinski definition) is 2. The molecule has 0 saturated heterocycles. The molecule has 1 amide bonds. The van der Waals surface area contributed by atoms with Crippen molar-refractivity contribution in [3.8, 4) is 5.69 Å². The number of nitrogens with zero attached hydrogens (tertiary/aromatic N) is 3. The maximum absolute atomic E-state index is 12.3. The van der Waals surface area contributed by atoms with Crippen LogP contribution in [0.5, 0.6) is 0 Å². The predicted octanol–water partition coefficient (Wildman–Crippen LogP) is 2.57. The average molecular weight is 320 g/mol. The summed E-state index contributed by atoms with van der Waals surface area (Å²) in [5.41, 5.74) is 6.86. The van der Waals surface area contributed by atoms with E-state index >= 15 is 0 Å². The van der Waals surface area contributed by atoms with Gasteiger partial charge in [-0.25, -0.2) is 0 Å². The Bertz CT molecular complexity index is 678. The molecule has 0 aliphatic heterocycles. The number of nitrogens with two attached hydrogens (primary N) is 1. The van der Waals surface area contributed by atoms with Crippen LogP contribution in [0.4, 0.5) is 5.82 Å². The fraction of sp³-hybridized carbons (Fsp3) is 0.400. The average Bonchev–Trinajstić information content (AvgIpc) is 2.90. The van der Waals surface area contributed by atoms with Crippen LogP contribution in [0.3, 0.4) is 0 Å². The maximum Gasteiger partial charge on any atom is 0.275 e. The van der Waals surface area contributed by atoms with Gasteiger partial charge in [0.15, 0.2) is 11.5 Å². The molecule has 7 heteroatoms. The monoisotopic (exact) mass is 319 g/mol. The quantitative estimate of drug-likeness (QED) is 0.910. The second kappa shape index (κ2) is 6.36. The van der Waals surface area contributed by atoms with Gasteiger partial charge in [0.05, 0.1) is 5.69 Å². The third-order valence-corrected chi connectivity index (χ3v) is 4.15. The first-order valence-corrected chi connectivity index (χ1v) is 7.81. The Kier molecular flexibility index (Phi) is 4.29. The van der Waals surface area contributed by atoms with E-state index in [1.165, 1.54) is 11.1 Å². The van der Waals surface area contributed by atoms with Crippen molar-refractivity contribution in [3.05, 3.63) is 35.0 Å². The van der Waals surface area contributed by atoms with Crippen molar-refractivity contribution in [1.29, 1.82) is 0 Å². The first kappa shape index (κ1) is 14.8. The van der Waals surface area contributed by atoms with Gasteiger partial charge in [-0.05, 0) is 31.0 Å². The number of benzene rings is 1. The lowest BCUT2D eigenvalue weighted by Crippen LogP contribution is -2.36. The molecule has 0 unspecified atom stereocenters. The van der Waals surface area contributed by atoms with E-state index in [1.54, 1.807) is 24.3 Å². The highest BCUT2D eigenvalue weighted by Gasteiger charge is 2.22. The highest BCUT2D eigenvalue weighted by molar-refractivity contribution is 6.30. The van der Waals surface area contributed by atoms with Gasteiger partial charge in [0.1, 0.15) is 0 Å². The van der Waals surface area contributed by atoms with Gasteiger partial charge < -0.3 is 11.1 Å². The molecule has 1 aliphatic rings. The normalized spacial score (nSPS) is 15.7. The van der Waals surface area contributed by atoms with Crippen LogP contribution in [0.15, 0.2) is 24.3 Å². The van der Waals surface area contributed by atoms with Gasteiger partial charge >= 0.3 is 0 Å². The molecule has 6 nitrogen and oxygen atoms in total. The highest BCUT2D eigenvalue weighted by Crippen LogP contribution is 2.20. The lowest BCUT2D eigenvalue weighted by molar-refractivity contribution is 0.0923. The number of halogens is 1. The molecule has 1 heterocycles. The number of aromatic nitrogens is 3. The summed E-state index contributed by atoms with van der Waals surface area (Å²) in [5, 5.41) is 11.4. The molecule has 1 aliphatic carbocycles. The zero-order chi connectivity index (χ0) is 15.5. The minimum Gasteiger partial charge on any atom is -0.382 e. The molecular weight excluding hydrogens is 302 g/mol. The second-order valence-electron chi connectivity index (χ2n) is 5.52. The van der Waals surface area contributed by atoms with Crippen molar-refractivity contribution < 1.29 is 4.79 Å². The molecule has 0 bridgehead atoms. The van der Waals surface area contributed by atoms with Crippen molar-refractivity contribution in [2.75, 3.05) is 5.73 Å². The van der Waals surface area contributed by atoms with Gasteiger partial charge in [0, 0.05) is 11.1 Å². The molecule has 0 atom stereocenters. The molecule has 1 fully saturated rings. The van der Waals surface area contributed by atoms with Gasteiger partial charge in [-0.15, -0.1) is 5.10 Å². The lowest BCUT2D eigenvalue weighted by Gasteiger charge is -2.22. The fourth-order valence-corrected chi connectivity index (χ4v) is 2.93. The molecule has 3 N–H and O–H groups in total. The van der Waals surface area contributed by atoms with Crippen molar-refractivity contribution >= 4 is 23.3 Å². The van der Waals surface area contributed by atoms with Crippen LogP contribution >= 0.6 is 11.6 Å². The second-order valence-corrected chi connectivity index (χ2v) is 5.96. The number of nitrogens with one attached hydrogen (secondary N) is 1. The van der Waals surface area contributed by atoms with Crippen LogP contribution < -0.4 is 11.1 Å². The summed E-state index contributed by atoms with van der Waals surface area (Å²) in [6.45, 7) is 0. The van der Waals surface area contributed by atoms with Crippen LogP contribution in [0.25, 0.3) is 5.69 Å². The maximum atomic E-state index is 12.3. The lowest BCUT2D eigenvalue weighted by atomic mass is 9.95. The first-order chi connectivity index (χ1) is 10.6. The number of amides is 1. The zero-order valence-electron chi connectivity index (χ0n) is 12.1. The van der Waals surface area contributed by atoms with Gasteiger partial charge in [-0.1, -0.05) is 42.1 Å². The van der Waals surface area contributed by atoms with Gasteiger partial charge in [0.2, 0.25) is 0 Å². The number of anilines is 1. The predicted molar refractivity (Wildman–Crippen MR) is 85.1 cm³/mol. The molecule has 1 saturated carbocycles. The summed E-state index contributed by atoms with van der Waals surface area (Å²) in [6, 6.07) is 7.28. The van der Waals surface area contributed by atoms with Gasteiger partial charge in [0.25, 0.3) is 5.91 Å². The standard InChI is InChI=1S/C15H18ClN5O/c16-10-5-4-8-12(9-10)21-14(17)13(19-20-21)15(22)18-11-6-2-1-3-7-11/h4-5,8-9,11H,1-3,6-7,17H2,(H,18,22). The molecule has 0 spiro atoms. The van der Waals surface area contributed by atoms with Crippen LogP contribution in [0.2, 0.25) is 5.02 Å². The Balaban J connectivity index is 1.79. The number of rotatable bonds is 3. The van der Waals surface area contributed by atoms with E-state index in [4.69, 9.17) is 17.3 Å². The Morgan fingerprint density at radius 1 is 1.32 bits per heavy atom. The summed E-state index contributed by atoms with van der Waals surface area (Å²) in [5.74, 6) is -0.0479. The van der Waals surface area contributed by atoms with E-state index in [1.807, 2.05) is 0 Å². The topological polar surface area (TPSA) is 85.8 Å². The van der Waals surface area contributed by atoms with Crippen molar-refractivity contribution in [2.24, 2.45) is 0 Å².